The molecule has 1 unspecified atom stereocenters. The summed E-state index contributed by atoms with van der Waals surface area (Å²) >= 11 is 0. The van der Waals surface area contributed by atoms with Gasteiger partial charge >= 0.3 is 5.97 Å². The maximum Gasteiger partial charge on any atom is 0.325 e. The molecule has 2 rings (SSSR count). The molecule has 0 amide bonds. The van der Waals surface area contributed by atoms with Crippen molar-refractivity contribution in [2.75, 3.05) is 14.1 Å². The summed E-state index contributed by atoms with van der Waals surface area (Å²) in [5, 5.41) is 10.2. The average molecular weight is 260 g/mol. The molecule has 0 fully saturated rings. The van der Waals surface area contributed by atoms with E-state index >= 15 is 0 Å². The average Bonchev–Trinajstić information content (AvgIpc) is 2.40. The smallest absolute Gasteiger partial charge is 0.325 e. The second kappa shape index (κ2) is 6.85. The number of pyridine rings is 1. The molecule has 4 heteroatoms. The minimum Gasteiger partial charge on any atom is -0.480 e. The van der Waals surface area contributed by atoms with E-state index < -0.39 is 12.0 Å². The number of hydrogen-bond donors (Lipinski definition) is 1. The molecule has 1 aromatic carbocycles. The van der Waals surface area contributed by atoms with Crippen LogP contribution in [0.1, 0.15) is 25.5 Å². The summed E-state index contributed by atoms with van der Waals surface area (Å²) in [6.45, 7) is 4.00. The van der Waals surface area contributed by atoms with Gasteiger partial charge in [-0.2, -0.15) is 0 Å². The number of benzene rings is 1. The highest BCUT2D eigenvalue weighted by Gasteiger charge is 2.22. The first kappa shape index (κ1) is 15.1. The molecule has 0 spiro atoms. The normalized spacial score (nSPS) is 11.8. The third kappa shape index (κ3) is 3.51. The van der Waals surface area contributed by atoms with Crippen molar-refractivity contribution in [3.63, 3.8) is 0 Å². The molecular formula is C15H20N2O2. The van der Waals surface area contributed by atoms with Crippen LogP contribution in [0.4, 0.5) is 0 Å². The van der Waals surface area contributed by atoms with Gasteiger partial charge in [0.15, 0.2) is 0 Å². The van der Waals surface area contributed by atoms with Crippen molar-refractivity contribution in [1.82, 2.24) is 9.88 Å². The fraction of sp³-hybridized carbons (Fsp3) is 0.333. The molecule has 0 aliphatic rings. The molecule has 1 atom stereocenters. The number of aromatic nitrogens is 1. The summed E-state index contributed by atoms with van der Waals surface area (Å²) < 4.78 is 0. The Bertz CT molecular complexity index is 553. The van der Waals surface area contributed by atoms with E-state index in [0.29, 0.717) is 5.56 Å². The Labute approximate surface area is 113 Å². The predicted octanol–water partition coefficient (Wildman–Crippen LogP) is 2.95. The fourth-order valence-corrected chi connectivity index (χ4v) is 1.90. The Morgan fingerprint density at radius 3 is 2.47 bits per heavy atom. The number of aliphatic carboxylic acids is 1. The van der Waals surface area contributed by atoms with Crippen molar-refractivity contribution < 1.29 is 9.90 Å². The van der Waals surface area contributed by atoms with Crippen LogP contribution in [-0.2, 0) is 4.79 Å². The SMILES string of the molecule is CC.CN(C)C(C(=O)O)c1cnc2ccccc2c1. The van der Waals surface area contributed by atoms with Crippen molar-refractivity contribution in [1.29, 1.82) is 0 Å². The third-order valence-corrected chi connectivity index (χ3v) is 2.68. The zero-order valence-corrected chi connectivity index (χ0v) is 11.8. The van der Waals surface area contributed by atoms with Gasteiger partial charge in [-0.3, -0.25) is 14.7 Å². The Balaban J connectivity index is 0.000000861. The molecule has 0 aliphatic heterocycles. The van der Waals surface area contributed by atoms with E-state index in [-0.39, 0.29) is 0 Å². The molecule has 1 aromatic heterocycles. The summed E-state index contributed by atoms with van der Waals surface area (Å²) in [6.07, 6.45) is 1.63. The lowest BCUT2D eigenvalue weighted by molar-refractivity contribution is -0.142. The molecule has 0 saturated heterocycles. The topological polar surface area (TPSA) is 53.4 Å². The van der Waals surface area contributed by atoms with Gasteiger partial charge in [0.25, 0.3) is 0 Å². The van der Waals surface area contributed by atoms with Crippen LogP contribution in [0.5, 0.6) is 0 Å². The third-order valence-electron chi connectivity index (χ3n) is 2.68. The maximum absolute atomic E-state index is 11.2. The fourth-order valence-electron chi connectivity index (χ4n) is 1.90. The molecule has 0 saturated carbocycles. The van der Waals surface area contributed by atoms with E-state index in [1.54, 1.807) is 25.2 Å². The van der Waals surface area contributed by atoms with Gasteiger partial charge in [0.2, 0.25) is 0 Å². The second-order valence-corrected chi connectivity index (χ2v) is 4.17. The molecule has 102 valence electrons. The predicted molar refractivity (Wildman–Crippen MR) is 77.2 cm³/mol. The molecule has 2 aromatic rings. The Morgan fingerprint density at radius 1 is 1.26 bits per heavy atom. The van der Waals surface area contributed by atoms with Gasteiger partial charge in [0, 0.05) is 11.6 Å². The number of carbonyl (C=O) groups is 1. The van der Waals surface area contributed by atoms with E-state index in [1.165, 1.54) is 0 Å². The molecule has 0 bridgehead atoms. The van der Waals surface area contributed by atoms with Crippen LogP contribution in [0.25, 0.3) is 10.9 Å². The number of likely N-dealkylation sites (N-methyl/N-ethyl adjacent to an activating group) is 1. The number of rotatable bonds is 3. The monoisotopic (exact) mass is 260 g/mol. The van der Waals surface area contributed by atoms with E-state index in [9.17, 15) is 9.90 Å². The van der Waals surface area contributed by atoms with Crippen LogP contribution in [0.2, 0.25) is 0 Å². The van der Waals surface area contributed by atoms with Gasteiger partial charge < -0.3 is 5.11 Å². The lowest BCUT2D eigenvalue weighted by Gasteiger charge is -2.20. The first-order valence-corrected chi connectivity index (χ1v) is 6.33. The van der Waals surface area contributed by atoms with Crippen LogP contribution in [0.3, 0.4) is 0 Å². The van der Waals surface area contributed by atoms with Crippen LogP contribution in [0, 0.1) is 0 Å². The molecule has 1 N–H and O–H groups in total. The zero-order chi connectivity index (χ0) is 14.4. The van der Waals surface area contributed by atoms with E-state index in [2.05, 4.69) is 4.98 Å². The van der Waals surface area contributed by atoms with Gasteiger partial charge in [0.05, 0.1) is 5.52 Å². The van der Waals surface area contributed by atoms with Crippen molar-refractivity contribution in [3.05, 3.63) is 42.1 Å². The highest BCUT2D eigenvalue weighted by molar-refractivity contribution is 5.82. The summed E-state index contributed by atoms with van der Waals surface area (Å²) in [7, 11) is 3.49. The largest absolute Gasteiger partial charge is 0.480 e. The lowest BCUT2D eigenvalue weighted by atomic mass is 10.1. The van der Waals surface area contributed by atoms with Crippen LogP contribution < -0.4 is 0 Å². The zero-order valence-electron chi connectivity index (χ0n) is 11.8. The van der Waals surface area contributed by atoms with Crippen molar-refractivity contribution in [2.24, 2.45) is 0 Å². The second-order valence-electron chi connectivity index (χ2n) is 4.17. The highest BCUT2D eigenvalue weighted by atomic mass is 16.4. The van der Waals surface area contributed by atoms with Gasteiger partial charge in [-0.1, -0.05) is 32.0 Å². The standard InChI is InChI=1S/C13H14N2O2.C2H6/c1-15(2)12(13(16)17)10-7-9-5-3-4-6-11(9)14-8-10;1-2/h3-8,12H,1-2H3,(H,16,17);1-2H3. The lowest BCUT2D eigenvalue weighted by Crippen LogP contribution is -2.27. The highest BCUT2D eigenvalue weighted by Crippen LogP contribution is 2.21. The van der Waals surface area contributed by atoms with E-state index in [1.807, 2.05) is 44.2 Å². The van der Waals surface area contributed by atoms with Crippen LogP contribution in [0.15, 0.2) is 36.5 Å². The molecule has 19 heavy (non-hydrogen) atoms. The van der Waals surface area contributed by atoms with E-state index in [4.69, 9.17) is 0 Å². The van der Waals surface area contributed by atoms with Gasteiger partial charge in [0.1, 0.15) is 6.04 Å². The molecular weight excluding hydrogens is 240 g/mol. The van der Waals surface area contributed by atoms with E-state index in [0.717, 1.165) is 10.9 Å². The minimum atomic E-state index is -0.868. The summed E-state index contributed by atoms with van der Waals surface area (Å²) in [6, 6.07) is 8.88. The van der Waals surface area contributed by atoms with Crippen LogP contribution in [-0.4, -0.2) is 35.1 Å². The van der Waals surface area contributed by atoms with Crippen molar-refractivity contribution >= 4 is 16.9 Å². The number of nitrogens with zero attached hydrogens (tertiary/aromatic N) is 2. The molecule has 0 radical (unpaired) electrons. The van der Waals surface area contributed by atoms with Gasteiger partial charge in [-0.05, 0) is 31.8 Å². The van der Waals surface area contributed by atoms with Gasteiger partial charge in [-0.15, -0.1) is 0 Å². The Kier molecular flexibility index (Phi) is 5.45. The number of carboxylic acids is 1. The quantitative estimate of drug-likeness (QED) is 0.921. The summed E-state index contributed by atoms with van der Waals surface area (Å²) in [4.78, 5) is 17.1. The molecule has 1 heterocycles. The number of para-hydroxylation sites is 1. The number of carboxylic acid groups (broad SMARTS) is 1. The number of fused-ring (bicyclic) bond motifs is 1. The first-order chi connectivity index (χ1) is 9.09. The molecule has 4 nitrogen and oxygen atoms in total. The van der Waals surface area contributed by atoms with Crippen molar-refractivity contribution in [3.8, 4) is 0 Å². The number of hydrogen-bond acceptors (Lipinski definition) is 3. The van der Waals surface area contributed by atoms with Crippen LogP contribution >= 0.6 is 0 Å². The first-order valence-electron chi connectivity index (χ1n) is 6.33. The molecule has 0 aliphatic carbocycles. The summed E-state index contributed by atoms with van der Waals surface area (Å²) in [5.41, 5.74) is 1.57. The minimum absolute atomic E-state index is 0.660. The maximum atomic E-state index is 11.2. The van der Waals surface area contributed by atoms with Crippen molar-refractivity contribution in [2.45, 2.75) is 19.9 Å². The Hall–Kier alpha value is -1.94. The Morgan fingerprint density at radius 2 is 1.89 bits per heavy atom. The summed E-state index contributed by atoms with van der Waals surface area (Å²) in [5.74, 6) is -0.868. The van der Waals surface area contributed by atoms with Gasteiger partial charge in [-0.25, -0.2) is 0 Å².